The number of amides is 1. The highest BCUT2D eigenvalue weighted by Gasteiger charge is 2.26. The van der Waals surface area contributed by atoms with E-state index < -0.39 is 0 Å². The fraction of sp³-hybridized carbons (Fsp3) is 0.706. The second kappa shape index (κ2) is 7.51. The Morgan fingerprint density at radius 1 is 1.41 bits per heavy atom. The van der Waals surface area contributed by atoms with E-state index in [2.05, 4.69) is 31.0 Å². The van der Waals surface area contributed by atoms with Crippen molar-refractivity contribution in [1.29, 1.82) is 0 Å². The van der Waals surface area contributed by atoms with Gasteiger partial charge in [-0.1, -0.05) is 32.4 Å². The summed E-state index contributed by atoms with van der Waals surface area (Å²) in [5.74, 6) is 1.29. The van der Waals surface area contributed by atoms with E-state index in [1.165, 1.54) is 12.8 Å². The SMILES string of the molecule is CC1CCN([C@H](CNC(=O)c2cc(Cl)cn2C)C(C)C)CC1. The number of likely N-dealkylation sites (tertiary alicyclic amines) is 1. The Hall–Kier alpha value is -1.00. The van der Waals surface area contributed by atoms with E-state index in [4.69, 9.17) is 11.6 Å². The third-order valence-electron chi connectivity index (χ3n) is 4.73. The van der Waals surface area contributed by atoms with Crippen LogP contribution in [0.2, 0.25) is 5.02 Å². The summed E-state index contributed by atoms with van der Waals surface area (Å²) in [6.07, 6.45) is 4.26. The quantitative estimate of drug-likeness (QED) is 0.903. The molecule has 22 heavy (non-hydrogen) atoms. The average molecular weight is 326 g/mol. The van der Waals surface area contributed by atoms with Crippen LogP contribution in [0.3, 0.4) is 0 Å². The number of rotatable bonds is 5. The van der Waals surface area contributed by atoms with E-state index in [9.17, 15) is 4.79 Å². The molecule has 0 bridgehead atoms. The zero-order valence-corrected chi connectivity index (χ0v) is 14.9. The standard InChI is InChI=1S/C17H28ClN3O/c1-12(2)16(21-7-5-13(3)6-8-21)10-19-17(22)15-9-14(18)11-20(15)4/h9,11-13,16H,5-8,10H2,1-4H3,(H,19,22)/t16-/m1/s1. The van der Waals surface area contributed by atoms with Gasteiger partial charge in [0.1, 0.15) is 5.69 Å². The maximum Gasteiger partial charge on any atom is 0.268 e. The highest BCUT2D eigenvalue weighted by atomic mass is 35.5. The minimum absolute atomic E-state index is 0.0505. The molecular weight excluding hydrogens is 298 g/mol. The first-order valence-corrected chi connectivity index (χ1v) is 8.60. The van der Waals surface area contributed by atoms with E-state index >= 15 is 0 Å². The maximum absolute atomic E-state index is 12.3. The first-order valence-electron chi connectivity index (χ1n) is 8.22. The van der Waals surface area contributed by atoms with Crippen LogP contribution in [0.1, 0.15) is 44.1 Å². The normalized spacial score (nSPS) is 18.6. The Labute approximate surface area is 138 Å². The van der Waals surface area contributed by atoms with Gasteiger partial charge in [-0.05, 0) is 43.8 Å². The Balaban J connectivity index is 1.94. The van der Waals surface area contributed by atoms with Crippen molar-refractivity contribution in [3.05, 3.63) is 23.0 Å². The van der Waals surface area contributed by atoms with Gasteiger partial charge >= 0.3 is 0 Å². The molecule has 0 spiro atoms. The van der Waals surface area contributed by atoms with Crippen LogP contribution in [0.5, 0.6) is 0 Å². The van der Waals surface area contributed by atoms with Gasteiger partial charge in [0.05, 0.1) is 5.02 Å². The van der Waals surface area contributed by atoms with Crippen molar-refractivity contribution in [2.24, 2.45) is 18.9 Å². The molecule has 1 amide bonds. The van der Waals surface area contributed by atoms with E-state index in [0.717, 1.165) is 19.0 Å². The largest absolute Gasteiger partial charge is 0.349 e. The number of nitrogens with zero attached hydrogens (tertiary/aromatic N) is 2. The van der Waals surface area contributed by atoms with Crippen molar-refractivity contribution in [3.63, 3.8) is 0 Å². The fourth-order valence-corrected chi connectivity index (χ4v) is 3.43. The molecule has 124 valence electrons. The van der Waals surface area contributed by atoms with Crippen molar-refractivity contribution in [2.45, 2.75) is 39.7 Å². The van der Waals surface area contributed by atoms with Gasteiger partial charge in [-0.15, -0.1) is 0 Å². The molecule has 4 nitrogen and oxygen atoms in total. The minimum Gasteiger partial charge on any atom is -0.349 e. The van der Waals surface area contributed by atoms with Crippen molar-refractivity contribution >= 4 is 17.5 Å². The van der Waals surface area contributed by atoms with E-state index in [1.807, 2.05) is 7.05 Å². The zero-order chi connectivity index (χ0) is 16.3. The van der Waals surface area contributed by atoms with E-state index in [-0.39, 0.29) is 5.91 Å². The summed E-state index contributed by atoms with van der Waals surface area (Å²) in [5.41, 5.74) is 0.611. The average Bonchev–Trinajstić information content (AvgIpc) is 2.79. The summed E-state index contributed by atoms with van der Waals surface area (Å²) in [4.78, 5) is 14.9. The van der Waals surface area contributed by atoms with Crippen molar-refractivity contribution in [1.82, 2.24) is 14.8 Å². The number of hydrogen-bond donors (Lipinski definition) is 1. The van der Waals surface area contributed by atoms with E-state index in [0.29, 0.717) is 29.2 Å². The van der Waals surface area contributed by atoms with E-state index in [1.54, 1.807) is 16.8 Å². The summed E-state index contributed by atoms with van der Waals surface area (Å²) >= 11 is 5.95. The van der Waals surface area contributed by atoms with Crippen LogP contribution >= 0.6 is 11.6 Å². The number of nitrogens with one attached hydrogen (secondary N) is 1. The van der Waals surface area contributed by atoms with Crippen molar-refractivity contribution in [3.8, 4) is 0 Å². The van der Waals surface area contributed by atoms with Crippen molar-refractivity contribution < 1.29 is 4.79 Å². The molecule has 1 saturated heterocycles. The lowest BCUT2D eigenvalue weighted by Gasteiger charge is -2.38. The third kappa shape index (κ3) is 4.26. The molecule has 0 aromatic carbocycles. The summed E-state index contributed by atoms with van der Waals surface area (Å²) in [6, 6.07) is 2.11. The maximum atomic E-state index is 12.3. The number of piperidine rings is 1. The van der Waals surface area contributed by atoms with Gasteiger partial charge in [0, 0.05) is 25.8 Å². The molecular formula is C17H28ClN3O. The molecule has 0 unspecified atom stereocenters. The Morgan fingerprint density at radius 3 is 2.55 bits per heavy atom. The molecule has 2 heterocycles. The molecule has 0 saturated carbocycles. The highest BCUT2D eigenvalue weighted by Crippen LogP contribution is 2.21. The van der Waals surface area contributed by atoms with Crippen LogP contribution in [0.25, 0.3) is 0 Å². The van der Waals surface area contributed by atoms with Crippen LogP contribution in [0, 0.1) is 11.8 Å². The molecule has 1 fully saturated rings. The number of aryl methyl sites for hydroxylation is 1. The van der Waals surface area contributed by atoms with Crippen LogP contribution in [0.15, 0.2) is 12.3 Å². The second-order valence-electron chi connectivity index (χ2n) is 6.89. The van der Waals surface area contributed by atoms with Gasteiger partial charge in [-0.25, -0.2) is 0 Å². The lowest BCUT2D eigenvalue weighted by Crippen LogP contribution is -2.49. The van der Waals surface area contributed by atoms with Gasteiger partial charge in [0.25, 0.3) is 5.91 Å². The zero-order valence-electron chi connectivity index (χ0n) is 14.1. The van der Waals surface area contributed by atoms with Gasteiger partial charge in [0.2, 0.25) is 0 Å². The monoisotopic (exact) mass is 325 g/mol. The Bertz CT molecular complexity index is 504. The first kappa shape index (κ1) is 17.4. The number of carbonyl (C=O) groups is 1. The van der Waals surface area contributed by atoms with Gasteiger partial charge in [-0.2, -0.15) is 0 Å². The molecule has 1 aromatic heterocycles. The molecule has 1 N–H and O–H groups in total. The summed E-state index contributed by atoms with van der Waals surface area (Å²) in [5, 5.41) is 3.68. The lowest BCUT2D eigenvalue weighted by molar-refractivity contribution is 0.0856. The number of halogens is 1. The Kier molecular flexibility index (Phi) is 5.93. The fourth-order valence-electron chi connectivity index (χ4n) is 3.18. The predicted molar refractivity (Wildman–Crippen MR) is 91.4 cm³/mol. The van der Waals surface area contributed by atoms with Crippen LogP contribution < -0.4 is 5.32 Å². The first-order chi connectivity index (χ1) is 10.4. The number of aromatic nitrogens is 1. The smallest absolute Gasteiger partial charge is 0.268 e. The summed E-state index contributed by atoms with van der Waals surface area (Å²) < 4.78 is 1.77. The highest BCUT2D eigenvalue weighted by molar-refractivity contribution is 6.31. The lowest BCUT2D eigenvalue weighted by atomic mass is 9.94. The molecule has 2 rings (SSSR count). The molecule has 1 aliphatic rings. The molecule has 1 aromatic rings. The minimum atomic E-state index is -0.0505. The Morgan fingerprint density at radius 2 is 2.05 bits per heavy atom. The third-order valence-corrected chi connectivity index (χ3v) is 4.94. The molecule has 1 atom stereocenters. The second-order valence-corrected chi connectivity index (χ2v) is 7.33. The van der Waals surface area contributed by atoms with Gasteiger partial charge in [0.15, 0.2) is 0 Å². The van der Waals surface area contributed by atoms with Crippen LogP contribution in [0.4, 0.5) is 0 Å². The number of hydrogen-bond acceptors (Lipinski definition) is 2. The summed E-state index contributed by atoms with van der Waals surface area (Å²) in [6.45, 7) is 9.74. The van der Waals surface area contributed by atoms with Gasteiger partial charge in [-0.3, -0.25) is 9.69 Å². The predicted octanol–water partition coefficient (Wildman–Crippen LogP) is 3.16. The molecule has 1 aliphatic heterocycles. The van der Waals surface area contributed by atoms with Crippen LogP contribution in [-0.2, 0) is 7.05 Å². The molecule has 0 radical (unpaired) electrons. The van der Waals surface area contributed by atoms with Crippen molar-refractivity contribution in [2.75, 3.05) is 19.6 Å². The van der Waals surface area contributed by atoms with Crippen LogP contribution in [-0.4, -0.2) is 41.1 Å². The number of carbonyl (C=O) groups excluding carboxylic acids is 1. The topological polar surface area (TPSA) is 37.3 Å². The summed E-state index contributed by atoms with van der Waals surface area (Å²) in [7, 11) is 1.84. The van der Waals surface area contributed by atoms with Gasteiger partial charge < -0.3 is 9.88 Å². The molecule has 0 aliphatic carbocycles. The molecule has 5 heteroatoms.